The summed E-state index contributed by atoms with van der Waals surface area (Å²) in [6.45, 7) is 7.87. The lowest BCUT2D eigenvalue weighted by Crippen LogP contribution is -2.32. The zero-order chi connectivity index (χ0) is 17.5. The van der Waals surface area contributed by atoms with Gasteiger partial charge in [-0.25, -0.2) is 4.68 Å². The monoisotopic (exact) mass is 349 g/mol. The summed E-state index contributed by atoms with van der Waals surface area (Å²) in [5.41, 5.74) is 0.843. The molecule has 2 aromatic rings. The van der Waals surface area contributed by atoms with E-state index in [1.165, 1.54) is 16.4 Å². The molecule has 1 aromatic heterocycles. The Bertz CT molecular complexity index is 668. The van der Waals surface area contributed by atoms with Crippen LogP contribution in [0.5, 0.6) is 5.75 Å². The summed E-state index contributed by atoms with van der Waals surface area (Å²) in [7, 11) is 0. The molecule has 0 radical (unpaired) electrons. The van der Waals surface area contributed by atoms with Crippen LogP contribution in [0.3, 0.4) is 0 Å². The number of benzene rings is 1. The predicted molar refractivity (Wildman–Crippen MR) is 95.4 cm³/mol. The van der Waals surface area contributed by atoms with Gasteiger partial charge in [0.25, 0.3) is 0 Å². The van der Waals surface area contributed by atoms with Gasteiger partial charge in [0.1, 0.15) is 5.75 Å². The average Bonchev–Trinajstić information content (AvgIpc) is 2.96. The first-order valence-corrected chi connectivity index (χ1v) is 8.93. The number of nitrogen functional groups attached to an aromatic ring is 1. The van der Waals surface area contributed by atoms with Crippen LogP contribution in [-0.4, -0.2) is 51.1 Å². The lowest BCUT2D eigenvalue weighted by molar-refractivity contribution is -0.127. The summed E-state index contributed by atoms with van der Waals surface area (Å²) in [4.78, 5) is 13.8. The Morgan fingerprint density at radius 2 is 1.88 bits per heavy atom. The van der Waals surface area contributed by atoms with E-state index in [4.69, 9.17) is 10.6 Å². The Balaban J connectivity index is 2.06. The van der Waals surface area contributed by atoms with Crippen molar-refractivity contribution < 1.29 is 9.53 Å². The average molecular weight is 349 g/mol. The highest BCUT2D eigenvalue weighted by molar-refractivity contribution is 7.99. The number of nitrogens with zero attached hydrogens (tertiary/aromatic N) is 4. The first-order chi connectivity index (χ1) is 11.6. The molecule has 0 aliphatic carbocycles. The summed E-state index contributed by atoms with van der Waals surface area (Å²) in [5.74, 6) is 7.78. The van der Waals surface area contributed by atoms with Gasteiger partial charge < -0.3 is 15.5 Å². The Hall–Kier alpha value is -2.22. The van der Waals surface area contributed by atoms with Crippen LogP contribution in [0.1, 0.15) is 20.8 Å². The molecule has 0 spiro atoms. The Kier molecular flexibility index (Phi) is 6.48. The Morgan fingerprint density at radius 3 is 2.46 bits per heavy atom. The van der Waals surface area contributed by atoms with E-state index < -0.39 is 0 Å². The number of nitrogens with two attached hydrogens (primary N) is 1. The molecule has 0 bridgehead atoms. The van der Waals surface area contributed by atoms with E-state index in [-0.39, 0.29) is 5.91 Å². The number of thioether (sulfide) groups is 1. The minimum Gasteiger partial charge on any atom is -0.494 e. The number of carbonyl (C=O) groups is 1. The fraction of sp³-hybridized carbons (Fsp3) is 0.438. The molecule has 0 unspecified atom stereocenters. The number of ether oxygens (including phenoxy) is 1. The molecule has 0 atom stereocenters. The Morgan fingerprint density at radius 1 is 1.21 bits per heavy atom. The maximum absolute atomic E-state index is 12.1. The highest BCUT2D eigenvalue weighted by Crippen LogP contribution is 2.23. The van der Waals surface area contributed by atoms with Gasteiger partial charge in [-0.15, -0.1) is 10.2 Å². The van der Waals surface area contributed by atoms with Gasteiger partial charge in [-0.3, -0.25) is 4.79 Å². The van der Waals surface area contributed by atoms with Crippen molar-refractivity contribution in [2.24, 2.45) is 0 Å². The summed E-state index contributed by atoms with van der Waals surface area (Å²) in [6.07, 6.45) is 0. The fourth-order valence-electron chi connectivity index (χ4n) is 2.23. The van der Waals surface area contributed by atoms with Crippen molar-refractivity contribution in [1.29, 1.82) is 0 Å². The van der Waals surface area contributed by atoms with Crippen molar-refractivity contribution in [2.75, 3.05) is 31.3 Å². The zero-order valence-electron chi connectivity index (χ0n) is 14.2. The predicted octanol–water partition coefficient (Wildman–Crippen LogP) is 2.02. The molecule has 0 aliphatic rings. The molecule has 7 nitrogen and oxygen atoms in total. The summed E-state index contributed by atoms with van der Waals surface area (Å²) >= 11 is 1.29. The highest BCUT2D eigenvalue weighted by Gasteiger charge is 2.15. The van der Waals surface area contributed by atoms with Crippen LogP contribution in [0.4, 0.5) is 0 Å². The third-order valence-electron chi connectivity index (χ3n) is 3.53. The molecule has 1 heterocycles. The number of aromatic nitrogens is 3. The molecule has 0 saturated heterocycles. The van der Waals surface area contributed by atoms with E-state index in [1.54, 1.807) is 4.90 Å². The zero-order valence-corrected chi connectivity index (χ0v) is 15.0. The van der Waals surface area contributed by atoms with Crippen LogP contribution < -0.4 is 10.6 Å². The topological polar surface area (TPSA) is 86.3 Å². The van der Waals surface area contributed by atoms with E-state index in [0.29, 0.717) is 36.4 Å². The van der Waals surface area contributed by atoms with Crippen LogP contribution >= 0.6 is 11.8 Å². The minimum absolute atomic E-state index is 0.0654. The van der Waals surface area contributed by atoms with Crippen LogP contribution in [0, 0.1) is 0 Å². The lowest BCUT2D eigenvalue weighted by Gasteiger charge is -2.17. The van der Waals surface area contributed by atoms with Gasteiger partial charge in [0.2, 0.25) is 11.1 Å². The number of amides is 1. The standard InChI is InChI=1S/C16H23N5O2S/c1-4-20(5-2)14(22)11-24-16-19-18-15(21(16)17)12-7-9-13(10-8-12)23-6-3/h7-10H,4-6,11,17H2,1-3H3. The van der Waals surface area contributed by atoms with E-state index in [9.17, 15) is 4.79 Å². The molecule has 1 amide bonds. The lowest BCUT2D eigenvalue weighted by atomic mass is 10.2. The molecule has 0 saturated carbocycles. The SMILES string of the molecule is CCOc1ccc(-c2nnc(SCC(=O)N(CC)CC)n2N)cc1. The van der Waals surface area contributed by atoms with Crippen molar-refractivity contribution in [2.45, 2.75) is 25.9 Å². The van der Waals surface area contributed by atoms with Gasteiger partial charge in [-0.05, 0) is 45.0 Å². The highest BCUT2D eigenvalue weighted by atomic mass is 32.2. The molecular weight excluding hydrogens is 326 g/mol. The third kappa shape index (κ3) is 4.19. The number of carbonyl (C=O) groups excluding carboxylic acids is 1. The second-order valence-electron chi connectivity index (χ2n) is 4.99. The van der Waals surface area contributed by atoms with Gasteiger partial charge in [0, 0.05) is 18.7 Å². The van der Waals surface area contributed by atoms with Crippen molar-refractivity contribution in [3.8, 4) is 17.1 Å². The summed E-state index contributed by atoms with van der Waals surface area (Å²) in [6, 6.07) is 7.50. The quantitative estimate of drug-likeness (QED) is 0.579. The van der Waals surface area contributed by atoms with Gasteiger partial charge in [0.15, 0.2) is 5.82 Å². The maximum atomic E-state index is 12.1. The molecule has 8 heteroatoms. The molecule has 130 valence electrons. The van der Waals surface area contributed by atoms with Crippen LogP contribution in [0.15, 0.2) is 29.4 Å². The van der Waals surface area contributed by atoms with Crippen LogP contribution in [-0.2, 0) is 4.79 Å². The first-order valence-electron chi connectivity index (χ1n) is 7.94. The molecule has 1 aromatic carbocycles. The van der Waals surface area contributed by atoms with E-state index >= 15 is 0 Å². The van der Waals surface area contributed by atoms with Crippen molar-refractivity contribution >= 4 is 17.7 Å². The third-order valence-corrected chi connectivity index (χ3v) is 4.46. The van der Waals surface area contributed by atoms with Crippen molar-refractivity contribution in [3.63, 3.8) is 0 Å². The van der Waals surface area contributed by atoms with Crippen molar-refractivity contribution in [1.82, 2.24) is 19.8 Å². The maximum Gasteiger partial charge on any atom is 0.233 e. The molecule has 2 rings (SSSR count). The van der Waals surface area contributed by atoms with E-state index in [2.05, 4.69) is 10.2 Å². The first kappa shape index (κ1) is 18.1. The normalized spacial score (nSPS) is 10.6. The Labute approximate surface area is 146 Å². The fourth-order valence-corrected chi connectivity index (χ4v) is 2.99. The van der Waals surface area contributed by atoms with Crippen molar-refractivity contribution in [3.05, 3.63) is 24.3 Å². The summed E-state index contributed by atoms with van der Waals surface area (Å²) < 4.78 is 6.83. The van der Waals surface area contributed by atoms with Gasteiger partial charge in [-0.1, -0.05) is 11.8 Å². The second-order valence-corrected chi connectivity index (χ2v) is 5.93. The molecule has 0 aliphatic heterocycles. The van der Waals surface area contributed by atoms with Gasteiger partial charge >= 0.3 is 0 Å². The number of hydrogen-bond donors (Lipinski definition) is 1. The smallest absolute Gasteiger partial charge is 0.233 e. The summed E-state index contributed by atoms with van der Waals surface area (Å²) in [5, 5.41) is 8.72. The number of rotatable bonds is 8. The van der Waals surface area contributed by atoms with Gasteiger partial charge in [0.05, 0.1) is 12.4 Å². The molecule has 0 fully saturated rings. The molecular formula is C16H23N5O2S. The second kappa shape index (κ2) is 8.58. The molecule has 2 N–H and O–H groups in total. The largest absolute Gasteiger partial charge is 0.494 e. The van der Waals surface area contributed by atoms with Crippen LogP contribution in [0.25, 0.3) is 11.4 Å². The van der Waals surface area contributed by atoms with E-state index in [0.717, 1.165) is 11.3 Å². The molecule has 24 heavy (non-hydrogen) atoms. The number of hydrogen-bond acceptors (Lipinski definition) is 6. The van der Waals surface area contributed by atoms with Crippen LogP contribution in [0.2, 0.25) is 0 Å². The van der Waals surface area contributed by atoms with E-state index in [1.807, 2.05) is 45.0 Å². The van der Waals surface area contributed by atoms with Gasteiger partial charge in [-0.2, -0.15) is 0 Å². The minimum atomic E-state index is 0.0654.